The van der Waals surface area contributed by atoms with Gasteiger partial charge < -0.3 is 20.1 Å². The molecule has 2 N–H and O–H groups in total. The van der Waals surface area contributed by atoms with Gasteiger partial charge in [-0.15, -0.1) is 0 Å². The molecule has 3 aromatic rings. The first-order valence-corrected chi connectivity index (χ1v) is 8.88. The number of carbonyl (C=O) groups excluding carboxylic acids is 1. The van der Waals surface area contributed by atoms with Crippen molar-refractivity contribution in [3.8, 4) is 5.75 Å². The number of carbonyl (C=O) groups is 1. The van der Waals surface area contributed by atoms with Crippen LogP contribution in [0.4, 0.5) is 23.1 Å². The molecule has 3 rings (SSSR count). The fraction of sp³-hybridized carbons (Fsp3) is 0.190. The summed E-state index contributed by atoms with van der Waals surface area (Å²) in [6.45, 7) is 4.08. The number of nitrogens with one attached hydrogen (secondary N) is 2. The van der Waals surface area contributed by atoms with Gasteiger partial charge in [0.25, 0.3) is 0 Å². The largest absolute Gasteiger partial charge is 0.495 e. The minimum absolute atomic E-state index is 0.307. The summed E-state index contributed by atoms with van der Waals surface area (Å²) in [6, 6.07) is 14.7. The minimum atomic E-state index is -0.399. The van der Waals surface area contributed by atoms with E-state index < -0.39 is 5.97 Å². The number of esters is 1. The smallest absolute Gasteiger partial charge is 0.340 e. The number of aryl methyl sites for hydroxylation is 1. The van der Waals surface area contributed by atoms with Crippen LogP contribution in [0.1, 0.15) is 22.8 Å². The first-order chi connectivity index (χ1) is 13.6. The van der Waals surface area contributed by atoms with Crippen LogP contribution < -0.4 is 15.4 Å². The molecular weight excluding hydrogens is 356 g/mol. The molecule has 0 saturated heterocycles. The average Bonchev–Trinajstić information content (AvgIpc) is 2.69. The summed E-state index contributed by atoms with van der Waals surface area (Å²) in [5, 5.41) is 6.32. The number of anilines is 4. The molecule has 0 radical (unpaired) electrons. The highest BCUT2D eigenvalue weighted by Crippen LogP contribution is 2.28. The van der Waals surface area contributed by atoms with Gasteiger partial charge in [0.2, 0.25) is 5.95 Å². The molecule has 0 amide bonds. The molecule has 7 nitrogen and oxygen atoms in total. The molecule has 0 bridgehead atoms. The lowest BCUT2D eigenvalue weighted by Gasteiger charge is -2.13. The Labute approximate surface area is 163 Å². The molecule has 2 aromatic carbocycles. The summed E-state index contributed by atoms with van der Waals surface area (Å²) in [4.78, 5) is 20.8. The van der Waals surface area contributed by atoms with Crippen LogP contribution in [0.3, 0.4) is 0 Å². The van der Waals surface area contributed by atoms with Crippen LogP contribution in [-0.4, -0.2) is 29.7 Å². The van der Waals surface area contributed by atoms with Crippen molar-refractivity contribution in [1.82, 2.24) is 9.97 Å². The van der Waals surface area contributed by atoms with Crippen molar-refractivity contribution in [2.45, 2.75) is 13.8 Å². The predicted octanol–water partition coefficient (Wildman–Crippen LogP) is 4.46. The van der Waals surface area contributed by atoms with Gasteiger partial charge in [-0.05, 0) is 49.7 Å². The number of hydrogen-bond donors (Lipinski definition) is 2. The van der Waals surface area contributed by atoms with E-state index in [9.17, 15) is 4.79 Å². The number of hydrogen-bond acceptors (Lipinski definition) is 7. The molecule has 0 aliphatic carbocycles. The Hall–Kier alpha value is -3.61. The number of benzene rings is 2. The Bertz CT molecular complexity index is 975. The third-order valence-corrected chi connectivity index (χ3v) is 3.94. The first-order valence-electron chi connectivity index (χ1n) is 8.88. The number of methoxy groups -OCH3 is 1. The van der Waals surface area contributed by atoms with Gasteiger partial charge in [0.1, 0.15) is 11.6 Å². The van der Waals surface area contributed by atoms with Crippen molar-refractivity contribution in [1.29, 1.82) is 0 Å². The molecule has 1 heterocycles. The summed E-state index contributed by atoms with van der Waals surface area (Å²) < 4.78 is 10.5. The van der Waals surface area contributed by atoms with Crippen molar-refractivity contribution in [2.24, 2.45) is 0 Å². The summed E-state index contributed by atoms with van der Waals surface area (Å²) in [5.74, 6) is 1.26. The molecule has 28 heavy (non-hydrogen) atoms. The molecule has 0 saturated carbocycles. The Kier molecular flexibility index (Phi) is 6.06. The Morgan fingerprint density at radius 1 is 1.07 bits per heavy atom. The number of aromatic nitrogens is 2. The lowest BCUT2D eigenvalue weighted by atomic mass is 10.2. The summed E-state index contributed by atoms with van der Waals surface area (Å²) >= 11 is 0. The normalized spacial score (nSPS) is 10.2. The molecule has 7 heteroatoms. The van der Waals surface area contributed by atoms with E-state index in [4.69, 9.17) is 9.47 Å². The first kappa shape index (κ1) is 19.2. The van der Waals surface area contributed by atoms with Crippen LogP contribution >= 0.6 is 0 Å². The highest BCUT2D eigenvalue weighted by molar-refractivity contribution is 5.96. The lowest BCUT2D eigenvalue weighted by Crippen LogP contribution is -2.09. The number of ether oxygens (including phenoxy) is 2. The lowest BCUT2D eigenvalue weighted by molar-refractivity contribution is 0.0527. The van der Waals surface area contributed by atoms with Crippen LogP contribution in [-0.2, 0) is 4.74 Å². The van der Waals surface area contributed by atoms with E-state index in [1.54, 1.807) is 44.5 Å². The zero-order valence-electron chi connectivity index (χ0n) is 16.0. The van der Waals surface area contributed by atoms with Crippen molar-refractivity contribution < 1.29 is 14.3 Å². The van der Waals surface area contributed by atoms with Gasteiger partial charge in [-0.2, -0.15) is 4.98 Å². The van der Waals surface area contributed by atoms with Crippen LogP contribution in [0.5, 0.6) is 5.75 Å². The van der Waals surface area contributed by atoms with Gasteiger partial charge >= 0.3 is 5.97 Å². The molecular formula is C21H22N4O3. The Morgan fingerprint density at radius 2 is 1.89 bits per heavy atom. The van der Waals surface area contributed by atoms with Gasteiger partial charge in [-0.3, -0.25) is 0 Å². The van der Waals surface area contributed by atoms with Crippen molar-refractivity contribution in [2.75, 3.05) is 24.4 Å². The van der Waals surface area contributed by atoms with Crippen LogP contribution in [0.2, 0.25) is 0 Å². The minimum Gasteiger partial charge on any atom is -0.495 e. The van der Waals surface area contributed by atoms with Gasteiger partial charge in [0.05, 0.1) is 30.7 Å². The van der Waals surface area contributed by atoms with E-state index in [0.29, 0.717) is 35.4 Å². The zero-order chi connectivity index (χ0) is 19.9. The maximum atomic E-state index is 12.1. The van der Waals surface area contributed by atoms with Gasteiger partial charge in [-0.1, -0.05) is 18.2 Å². The standard InChI is InChI=1S/C21H22N4O3/c1-4-28-20(26)15-7-5-6-8-16(15)24-21-22-12-11-19(25-21)23-17-13-14(2)9-10-18(17)27-3/h5-13H,4H2,1-3H3,(H2,22,23,24,25). The fourth-order valence-electron chi connectivity index (χ4n) is 2.65. The molecule has 0 fully saturated rings. The molecule has 0 spiro atoms. The zero-order valence-corrected chi connectivity index (χ0v) is 16.0. The third-order valence-electron chi connectivity index (χ3n) is 3.94. The highest BCUT2D eigenvalue weighted by Gasteiger charge is 2.13. The van der Waals surface area contributed by atoms with Crippen LogP contribution in [0.25, 0.3) is 0 Å². The second-order valence-electron chi connectivity index (χ2n) is 5.99. The van der Waals surface area contributed by atoms with Crippen LogP contribution in [0, 0.1) is 6.92 Å². The predicted molar refractivity (Wildman–Crippen MR) is 109 cm³/mol. The Balaban J connectivity index is 1.84. The molecule has 1 aromatic heterocycles. The van der Waals surface area contributed by atoms with Gasteiger partial charge in [-0.25, -0.2) is 9.78 Å². The van der Waals surface area contributed by atoms with Crippen LogP contribution in [0.15, 0.2) is 54.7 Å². The number of rotatable bonds is 7. The van der Waals surface area contributed by atoms with E-state index >= 15 is 0 Å². The van der Waals surface area contributed by atoms with Gasteiger partial charge in [0.15, 0.2) is 0 Å². The second-order valence-corrected chi connectivity index (χ2v) is 5.99. The van der Waals surface area contributed by atoms with E-state index in [1.807, 2.05) is 31.2 Å². The Morgan fingerprint density at radius 3 is 2.68 bits per heavy atom. The summed E-state index contributed by atoms with van der Waals surface area (Å²) in [6.07, 6.45) is 1.63. The number of nitrogens with zero attached hydrogens (tertiary/aromatic N) is 2. The summed E-state index contributed by atoms with van der Waals surface area (Å²) in [5.41, 5.74) is 2.90. The quantitative estimate of drug-likeness (QED) is 0.587. The monoisotopic (exact) mass is 378 g/mol. The average molecular weight is 378 g/mol. The van der Waals surface area contributed by atoms with E-state index in [-0.39, 0.29) is 0 Å². The maximum Gasteiger partial charge on any atom is 0.340 e. The van der Waals surface area contributed by atoms with Crippen molar-refractivity contribution >= 4 is 29.1 Å². The van der Waals surface area contributed by atoms with Crippen molar-refractivity contribution in [3.63, 3.8) is 0 Å². The van der Waals surface area contributed by atoms with E-state index in [2.05, 4.69) is 20.6 Å². The SMILES string of the molecule is CCOC(=O)c1ccccc1Nc1nccc(Nc2cc(C)ccc2OC)n1. The molecule has 144 valence electrons. The van der Waals surface area contributed by atoms with Gasteiger partial charge in [0, 0.05) is 6.20 Å². The maximum absolute atomic E-state index is 12.1. The van der Waals surface area contributed by atoms with E-state index in [1.165, 1.54) is 0 Å². The topological polar surface area (TPSA) is 85.4 Å². The summed E-state index contributed by atoms with van der Waals surface area (Å²) in [7, 11) is 1.62. The van der Waals surface area contributed by atoms with Crippen molar-refractivity contribution in [3.05, 3.63) is 65.9 Å². The fourth-order valence-corrected chi connectivity index (χ4v) is 2.65. The third kappa shape index (κ3) is 4.56. The van der Waals surface area contributed by atoms with E-state index in [0.717, 1.165) is 11.3 Å². The second kappa shape index (κ2) is 8.85. The molecule has 0 aliphatic heterocycles. The number of para-hydroxylation sites is 1. The molecule has 0 unspecified atom stereocenters. The molecule has 0 aliphatic rings. The highest BCUT2D eigenvalue weighted by atomic mass is 16.5. The molecule has 0 atom stereocenters.